The van der Waals surface area contributed by atoms with Gasteiger partial charge < -0.3 is 5.32 Å². The third-order valence-electron chi connectivity index (χ3n) is 3.48. The van der Waals surface area contributed by atoms with E-state index in [9.17, 15) is 0 Å². The minimum absolute atomic E-state index is 0.501. The molecule has 1 saturated heterocycles. The Bertz CT molecular complexity index is 299. The van der Waals surface area contributed by atoms with E-state index < -0.39 is 0 Å². The summed E-state index contributed by atoms with van der Waals surface area (Å²) in [5.74, 6) is 0.694. The number of hydrogen-bond donors (Lipinski definition) is 1. The molecule has 1 aromatic rings. The average molecular weight is 239 g/mol. The van der Waals surface area contributed by atoms with E-state index in [0.29, 0.717) is 12.0 Å². The first-order chi connectivity index (χ1) is 7.83. The third-order valence-corrected chi connectivity index (χ3v) is 4.08. The fraction of sp³-hybridized carbons (Fsp3) is 0.750. The first kappa shape index (κ1) is 12.0. The van der Waals surface area contributed by atoms with E-state index in [1.54, 1.807) is 11.3 Å². The molecular formula is C12H21N3S. The maximum Gasteiger partial charge on any atom is 0.0795 e. The number of nitrogens with zero attached hydrogens (tertiary/aromatic N) is 2. The summed E-state index contributed by atoms with van der Waals surface area (Å²) in [6, 6.07) is 0.501. The van der Waals surface area contributed by atoms with Crippen LogP contribution in [0, 0.1) is 5.92 Å². The minimum Gasteiger partial charge on any atom is -0.319 e. The van der Waals surface area contributed by atoms with Crippen molar-refractivity contribution in [2.45, 2.75) is 25.3 Å². The van der Waals surface area contributed by atoms with Gasteiger partial charge in [-0.15, -0.1) is 11.3 Å². The fourth-order valence-electron chi connectivity index (χ4n) is 2.74. The quantitative estimate of drug-likeness (QED) is 0.876. The van der Waals surface area contributed by atoms with Crippen LogP contribution in [0.1, 0.15) is 31.0 Å². The molecule has 0 aromatic carbocycles. The van der Waals surface area contributed by atoms with Gasteiger partial charge in [-0.1, -0.05) is 6.42 Å². The molecule has 4 heteroatoms. The van der Waals surface area contributed by atoms with Gasteiger partial charge in [0, 0.05) is 5.38 Å². The maximum atomic E-state index is 4.51. The monoisotopic (exact) mass is 239 g/mol. The van der Waals surface area contributed by atoms with E-state index in [2.05, 4.69) is 27.6 Å². The molecular weight excluding hydrogens is 218 g/mol. The Morgan fingerprint density at radius 1 is 1.56 bits per heavy atom. The first-order valence-electron chi connectivity index (χ1n) is 6.06. The largest absolute Gasteiger partial charge is 0.319 e. The van der Waals surface area contributed by atoms with Crippen molar-refractivity contribution in [2.75, 3.05) is 27.2 Å². The van der Waals surface area contributed by atoms with Crippen LogP contribution in [-0.2, 0) is 0 Å². The molecule has 2 atom stereocenters. The zero-order chi connectivity index (χ0) is 11.4. The Balaban J connectivity index is 2.19. The topological polar surface area (TPSA) is 28.2 Å². The summed E-state index contributed by atoms with van der Waals surface area (Å²) in [4.78, 5) is 6.99. The molecule has 0 spiro atoms. The van der Waals surface area contributed by atoms with Gasteiger partial charge in [-0.25, -0.2) is 4.98 Å². The standard InChI is InChI=1S/C12H21N3S/c1-13-7-10-5-3-4-6-15(2)12(10)11-8-16-9-14-11/h8-10,12-13H,3-7H2,1-2H3. The lowest BCUT2D eigenvalue weighted by Crippen LogP contribution is -2.34. The molecule has 90 valence electrons. The van der Waals surface area contributed by atoms with Gasteiger partial charge in [0.15, 0.2) is 0 Å². The summed E-state index contributed by atoms with van der Waals surface area (Å²) < 4.78 is 0. The summed E-state index contributed by atoms with van der Waals surface area (Å²) in [5, 5.41) is 5.53. The summed E-state index contributed by atoms with van der Waals surface area (Å²) in [5.41, 5.74) is 3.21. The van der Waals surface area contributed by atoms with E-state index in [1.807, 2.05) is 12.6 Å². The van der Waals surface area contributed by atoms with E-state index in [0.717, 1.165) is 6.54 Å². The highest BCUT2D eigenvalue weighted by Crippen LogP contribution is 2.33. The fourth-order valence-corrected chi connectivity index (χ4v) is 3.32. The smallest absolute Gasteiger partial charge is 0.0795 e. The highest BCUT2D eigenvalue weighted by Gasteiger charge is 2.29. The normalized spacial score (nSPS) is 27.9. The third kappa shape index (κ3) is 2.62. The Morgan fingerprint density at radius 3 is 3.12 bits per heavy atom. The predicted molar refractivity (Wildman–Crippen MR) is 68.8 cm³/mol. The molecule has 0 saturated carbocycles. The Labute approximate surface area is 102 Å². The van der Waals surface area contributed by atoms with Crippen molar-refractivity contribution >= 4 is 11.3 Å². The van der Waals surface area contributed by atoms with Crippen LogP contribution in [-0.4, -0.2) is 37.1 Å². The van der Waals surface area contributed by atoms with Crippen LogP contribution >= 0.6 is 11.3 Å². The molecule has 0 bridgehead atoms. The number of thiazole rings is 1. The minimum atomic E-state index is 0.501. The van der Waals surface area contributed by atoms with Gasteiger partial charge in [0.2, 0.25) is 0 Å². The van der Waals surface area contributed by atoms with Crippen molar-refractivity contribution in [2.24, 2.45) is 5.92 Å². The molecule has 0 amide bonds. The second kappa shape index (κ2) is 5.75. The summed E-state index contributed by atoms with van der Waals surface area (Å²) in [6.07, 6.45) is 3.97. The van der Waals surface area contributed by atoms with Crippen LogP contribution in [0.2, 0.25) is 0 Å². The SMILES string of the molecule is CNCC1CCCCN(C)C1c1cscn1. The second-order valence-corrected chi connectivity index (χ2v) is 5.37. The van der Waals surface area contributed by atoms with Crippen molar-refractivity contribution in [3.8, 4) is 0 Å². The van der Waals surface area contributed by atoms with Crippen LogP contribution in [0.3, 0.4) is 0 Å². The van der Waals surface area contributed by atoms with Gasteiger partial charge in [-0.05, 0) is 45.9 Å². The Hall–Kier alpha value is -0.450. The lowest BCUT2D eigenvalue weighted by atomic mass is 9.93. The van der Waals surface area contributed by atoms with Crippen LogP contribution in [0.15, 0.2) is 10.9 Å². The van der Waals surface area contributed by atoms with Crippen molar-refractivity contribution in [3.05, 3.63) is 16.6 Å². The highest BCUT2D eigenvalue weighted by atomic mass is 32.1. The van der Waals surface area contributed by atoms with Crippen molar-refractivity contribution in [1.29, 1.82) is 0 Å². The number of aromatic nitrogens is 1. The van der Waals surface area contributed by atoms with Crippen LogP contribution in [0.5, 0.6) is 0 Å². The Kier molecular flexibility index (Phi) is 4.32. The van der Waals surface area contributed by atoms with E-state index in [4.69, 9.17) is 0 Å². The Morgan fingerprint density at radius 2 is 2.44 bits per heavy atom. The van der Waals surface area contributed by atoms with Crippen LogP contribution < -0.4 is 5.32 Å². The molecule has 0 radical (unpaired) electrons. The highest BCUT2D eigenvalue weighted by molar-refractivity contribution is 7.07. The molecule has 1 aliphatic rings. The van der Waals surface area contributed by atoms with Crippen molar-refractivity contribution < 1.29 is 0 Å². The molecule has 2 heterocycles. The lowest BCUT2D eigenvalue weighted by molar-refractivity contribution is 0.187. The van der Waals surface area contributed by atoms with Gasteiger partial charge >= 0.3 is 0 Å². The summed E-state index contributed by atoms with van der Waals surface area (Å²) >= 11 is 1.70. The molecule has 16 heavy (non-hydrogen) atoms. The zero-order valence-electron chi connectivity index (χ0n) is 10.1. The number of nitrogens with one attached hydrogen (secondary N) is 1. The summed E-state index contributed by atoms with van der Waals surface area (Å²) in [6.45, 7) is 2.29. The van der Waals surface area contributed by atoms with Gasteiger partial charge in [-0.2, -0.15) is 0 Å². The van der Waals surface area contributed by atoms with Gasteiger partial charge in [0.1, 0.15) is 0 Å². The number of hydrogen-bond acceptors (Lipinski definition) is 4. The van der Waals surface area contributed by atoms with Crippen LogP contribution in [0.4, 0.5) is 0 Å². The van der Waals surface area contributed by atoms with Crippen molar-refractivity contribution in [3.63, 3.8) is 0 Å². The van der Waals surface area contributed by atoms with Crippen LogP contribution in [0.25, 0.3) is 0 Å². The molecule has 2 unspecified atom stereocenters. The number of likely N-dealkylation sites (tertiary alicyclic amines) is 1. The van der Waals surface area contributed by atoms with Gasteiger partial charge in [-0.3, -0.25) is 4.90 Å². The molecule has 0 aliphatic carbocycles. The van der Waals surface area contributed by atoms with E-state index >= 15 is 0 Å². The molecule has 3 nitrogen and oxygen atoms in total. The zero-order valence-corrected chi connectivity index (χ0v) is 11.0. The molecule has 1 aliphatic heterocycles. The second-order valence-electron chi connectivity index (χ2n) is 4.65. The summed E-state index contributed by atoms with van der Waals surface area (Å²) in [7, 11) is 4.28. The predicted octanol–water partition coefficient (Wildman–Crippen LogP) is 2.14. The number of rotatable bonds is 3. The first-order valence-corrected chi connectivity index (χ1v) is 7.00. The molecule has 1 N–H and O–H groups in total. The lowest BCUT2D eigenvalue weighted by Gasteiger charge is -2.31. The molecule has 1 fully saturated rings. The molecule has 2 rings (SSSR count). The van der Waals surface area contributed by atoms with E-state index in [-0.39, 0.29) is 0 Å². The van der Waals surface area contributed by atoms with Gasteiger partial charge in [0.25, 0.3) is 0 Å². The van der Waals surface area contributed by atoms with Gasteiger partial charge in [0.05, 0.1) is 17.2 Å². The van der Waals surface area contributed by atoms with Crippen molar-refractivity contribution in [1.82, 2.24) is 15.2 Å². The molecule has 1 aromatic heterocycles. The maximum absolute atomic E-state index is 4.51. The average Bonchev–Trinajstić information content (AvgIpc) is 2.72. The van der Waals surface area contributed by atoms with E-state index in [1.165, 1.54) is 31.5 Å².